The van der Waals surface area contributed by atoms with Gasteiger partial charge in [0.25, 0.3) is 0 Å². The van der Waals surface area contributed by atoms with Crippen molar-refractivity contribution in [3.63, 3.8) is 0 Å². The molecule has 1 aliphatic rings. The van der Waals surface area contributed by atoms with Gasteiger partial charge >= 0.3 is 0 Å². The Labute approximate surface area is 132 Å². The Morgan fingerprint density at radius 2 is 1.45 bits per heavy atom. The molecule has 0 aliphatic carbocycles. The van der Waals surface area contributed by atoms with Crippen LogP contribution >= 0.6 is 0 Å². The molecule has 1 heterocycles. The number of hydrogen-bond acceptors (Lipinski definition) is 3. The summed E-state index contributed by atoms with van der Waals surface area (Å²) in [5.74, 6) is 0. The van der Waals surface area contributed by atoms with Crippen molar-refractivity contribution in [3.05, 3.63) is 59.7 Å². The minimum Gasteiger partial charge on any atom is -0.394 e. The van der Waals surface area contributed by atoms with Crippen molar-refractivity contribution in [2.75, 3.05) is 31.3 Å². The number of anilines is 2. The van der Waals surface area contributed by atoms with Crippen LogP contribution < -0.4 is 4.90 Å². The Morgan fingerprint density at radius 1 is 0.864 bits per heavy atom. The molecule has 0 aromatic heterocycles. The van der Waals surface area contributed by atoms with E-state index in [1.165, 1.54) is 22.5 Å². The van der Waals surface area contributed by atoms with Gasteiger partial charge in [-0.1, -0.05) is 36.4 Å². The van der Waals surface area contributed by atoms with Crippen molar-refractivity contribution in [2.24, 2.45) is 0 Å². The largest absolute Gasteiger partial charge is 0.394 e. The lowest BCUT2D eigenvalue weighted by Crippen LogP contribution is -2.21. The van der Waals surface area contributed by atoms with Crippen LogP contribution in [0.5, 0.6) is 0 Å². The van der Waals surface area contributed by atoms with Gasteiger partial charge in [0.2, 0.25) is 0 Å². The van der Waals surface area contributed by atoms with Crippen LogP contribution in [0.3, 0.4) is 0 Å². The maximum absolute atomic E-state index is 8.78. The normalized spacial score (nSPS) is 13.4. The summed E-state index contributed by atoms with van der Waals surface area (Å²) in [7, 11) is 0. The Morgan fingerprint density at radius 3 is 2.05 bits per heavy atom. The van der Waals surface area contributed by atoms with E-state index >= 15 is 0 Å². The summed E-state index contributed by atoms with van der Waals surface area (Å²) in [5.41, 5.74) is 5.45. The number of fused-ring (bicyclic) bond motifs is 2. The molecule has 0 radical (unpaired) electrons. The molecule has 0 spiro atoms. The van der Waals surface area contributed by atoms with Gasteiger partial charge in [-0.2, -0.15) is 0 Å². The Balaban J connectivity index is 1.82. The first kappa shape index (κ1) is 15.1. The van der Waals surface area contributed by atoms with E-state index in [2.05, 4.69) is 53.4 Å². The van der Waals surface area contributed by atoms with E-state index in [0.717, 1.165) is 25.8 Å². The smallest absolute Gasteiger partial charge is 0.0697 e. The van der Waals surface area contributed by atoms with Gasteiger partial charge in [-0.05, 0) is 42.5 Å². The zero-order valence-corrected chi connectivity index (χ0v) is 12.9. The van der Waals surface area contributed by atoms with Crippen molar-refractivity contribution in [1.29, 1.82) is 0 Å². The van der Waals surface area contributed by atoms with Crippen LogP contribution in [0.4, 0.5) is 11.4 Å². The molecular formula is C19H23NO2. The topological polar surface area (TPSA) is 32.7 Å². The third-order valence-corrected chi connectivity index (χ3v) is 4.13. The second kappa shape index (κ2) is 7.43. The van der Waals surface area contributed by atoms with Gasteiger partial charge in [0.05, 0.1) is 13.2 Å². The molecule has 0 fully saturated rings. The number of nitrogens with zero attached hydrogens (tertiary/aromatic N) is 1. The van der Waals surface area contributed by atoms with E-state index in [4.69, 9.17) is 9.84 Å². The first-order chi connectivity index (χ1) is 10.9. The van der Waals surface area contributed by atoms with E-state index in [9.17, 15) is 0 Å². The molecule has 1 aliphatic heterocycles. The van der Waals surface area contributed by atoms with Gasteiger partial charge in [-0.15, -0.1) is 0 Å². The lowest BCUT2D eigenvalue weighted by Gasteiger charge is -2.27. The zero-order valence-electron chi connectivity index (χ0n) is 12.9. The summed E-state index contributed by atoms with van der Waals surface area (Å²) in [6, 6.07) is 17.4. The lowest BCUT2D eigenvalue weighted by atomic mass is 10.0. The molecule has 0 saturated heterocycles. The number of aryl methyl sites for hydroxylation is 2. The second-order valence-electron chi connectivity index (χ2n) is 5.60. The summed E-state index contributed by atoms with van der Waals surface area (Å²) in [5, 5.41) is 8.78. The molecule has 2 aromatic rings. The molecule has 116 valence electrons. The molecule has 0 unspecified atom stereocenters. The molecule has 3 rings (SSSR count). The van der Waals surface area contributed by atoms with E-state index < -0.39 is 0 Å². The highest BCUT2D eigenvalue weighted by Crippen LogP contribution is 2.35. The fourth-order valence-corrected chi connectivity index (χ4v) is 3.10. The Bertz CT molecular complexity index is 564. The van der Waals surface area contributed by atoms with Crippen LogP contribution in [0.1, 0.15) is 17.5 Å². The predicted octanol–water partition coefficient (Wildman–Crippen LogP) is 3.32. The molecule has 1 N–H and O–H groups in total. The van der Waals surface area contributed by atoms with Crippen molar-refractivity contribution in [3.8, 4) is 0 Å². The molecule has 22 heavy (non-hydrogen) atoms. The fraction of sp³-hybridized carbons (Fsp3) is 0.368. The number of aliphatic hydroxyl groups excluding tert-OH is 1. The number of para-hydroxylation sites is 2. The summed E-state index contributed by atoms with van der Waals surface area (Å²) in [6.45, 7) is 2.13. The molecular weight excluding hydrogens is 274 g/mol. The number of benzene rings is 2. The standard InChI is InChI=1S/C19H23NO2/c21-13-15-22-14-5-12-20-18-8-3-1-6-16(18)10-11-17-7-2-4-9-19(17)20/h1-4,6-9,21H,5,10-15H2. The van der Waals surface area contributed by atoms with Crippen LogP contribution in [-0.2, 0) is 17.6 Å². The third-order valence-electron chi connectivity index (χ3n) is 4.13. The fourth-order valence-electron chi connectivity index (χ4n) is 3.10. The number of rotatable bonds is 6. The number of hydrogen-bond donors (Lipinski definition) is 1. The number of aliphatic hydroxyl groups is 1. The van der Waals surface area contributed by atoms with Crippen molar-refractivity contribution >= 4 is 11.4 Å². The molecule has 0 amide bonds. The minimum absolute atomic E-state index is 0.0926. The van der Waals surface area contributed by atoms with Gasteiger partial charge in [-0.25, -0.2) is 0 Å². The molecule has 2 aromatic carbocycles. The van der Waals surface area contributed by atoms with Crippen LogP contribution in [0.25, 0.3) is 0 Å². The maximum atomic E-state index is 8.78. The van der Waals surface area contributed by atoms with E-state index in [0.29, 0.717) is 13.2 Å². The highest BCUT2D eigenvalue weighted by molar-refractivity contribution is 5.71. The van der Waals surface area contributed by atoms with Gasteiger partial charge in [0.1, 0.15) is 0 Å². The average Bonchev–Trinajstić information content (AvgIpc) is 2.72. The van der Waals surface area contributed by atoms with E-state index in [1.54, 1.807) is 0 Å². The van der Waals surface area contributed by atoms with Gasteiger partial charge < -0.3 is 14.7 Å². The van der Waals surface area contributed by atoms with Gasteiger partial charge in [0, 0.05) is 24.5 Å². The van der Waals surface area contributed by atoms with Crippen molar-refractivity contribution in [1.82, 2.24) is 0 Å². The highest BCUT2D eigenvalue weighted by atomic mass is 16.5. The van der Waals surface area contributed by atoms with Gasteiger partial charge in [0.15, 0.2) is 0 Å². The third kappa shape index (κ3) is 3.32. The second-order valence-corrected chi connectivity index (χ2v) is 5.60. The van der Waals surface area contributed by atoms with Gasteiger partial charge in [-0.3, -0.25) is 0 Å². The zero-order chi connectivity index (χ0) is 15.2. The maximum Gasteiger partial charge on any atom is 0.0697 e. The van der Waals surface area contributed by atoms with Crippen molar-refractivity contribution < 1.29 is 9.84 Å². The monoisotopic (exact) mass is 297 g/mol. The SMILES string of the molecule is OCCOCCCN1c2ccccc2CCc2ccccc21. The van der Waals surface area contributed by atoms with Crippen LogP contribution in [-0.4, -0.2) is 31.5 Å². The summed E-state index contributed by atoms with van der Waals surface area (Å²) in [6.07, 6.45) is 3.12. The molecule has 3 nitrogen and oxygen atoms in total. The minimum atomic E-state index is 0.0926. The highest BCUT2D eigenvalue weighted by Gasteiger charge is 2.19. The predicted molar refractivity (Wildman–Crippen MR) is 89.8 cm³/mol. The Kier molecular flexibility index (Phi) is 5.09. The Hall–Kier alpha value is -1.84. The number of ether oxygens (including phenoxy) is 1. The lowest BCUT2D eigenvalue weighted by molar-refractivity contribution is 0.0917. The van der Waals surface area contributed by atoms with Crippen LogP contribution in [0.15, 0.2) is 48.5 Å². The first-order valence-corrected chi connectivity index (χ1v) is 8.02. The molecule has 0 atom stereocenters. The van der Waals surface area contributed by atoms with E-state index in [-0.39, 0.29) is 6.61 Å². The quantitative estimate of drug-likeness (QED) is 0.830. The summed E-state index contributed by atoms with van der Waals surface area (Å²) < 4.78 is 5.40. The molecule has 3 heteroatoms. The van der Waals surface area contributed by atoms with Crippen LogP contribution in [0.2, 0.25) is 0 Å². The van der Waals surface area contributed by atoms with Crippen molar-refractivity contribution in [2.45, 2.75) is 19.3 Å². The van der Waals surface area contributed by atoms with E-state index in [1.807, 2.05) is 0 Å². The first-order valence-electron chi connectivity index (χ1n) is 8.02. The molecule has 0 saturated carbocycles. The summed E-state index contributed by atoms with van der Waals surface area (Å²) in [4.78, 5) is 2.42. The molecule has 0 bridgehead atoms. The summed E-state index contributed by atoms with van der Waals surface area (Å²) >= 11 is 0. The average molecular weight is 297 g/mol. The van der Waals surface area contributed by atoms with Crippen LogP contribution in [0, 0.1) is 0 Å².